The zero-order valence-electron chi connectivity index (χ0n) is 11.8. The number of anilines is 1. The second kappa shape index (κ2) is 5.51. The smallest absolute Gasteiger partial charge is 0.256 e. The van der Waals surface area contributed by atoms with E-state index in [0.29, 0.717) is 17.0 Å². The zero-order chi connectivity index (χ0) is 14.0. The number of hydrogen-bond acceptors (Lipinski definition) is 3. The first-order chi connectivity index (χ1) is 9.04. The van der Waals surface area contributed by atoms with E-state index in [2.05, 4.69) is 13.8 Å². The number of amides is 1. The zero-order valence-corrected chi connectivity index (χ0v) is 11.8. The van der Waals surface area contributed by atoms with Crippen molar-refractivity contribution in [1.29, 1.82) is 0 Å². The van der Waals surface area contributed by atoms with Crippen LogP contribution in [0.4, 0.5) is 5.69 Å². The van der Waals surface area contributed by atoms with Crippen molar-refractivity contribution in [3.63, 3.8) is 0 Å². The van der Waals surface area contributed by atoms with E-state index in [4.69, 9.17) is 10.5 Å². The first-order valence-corrected chi connectivity index (χ1v) is 6.80. The minimum absolute atomic E-state index is 0.0276. The molecule has 1 aromatic carbocycles. The summed E-state index contributed by atoms with van der Waals surface area (Å²) in [5.74, 6) is 0.702. The molecule has 1 aliphatic rings. The Morgan fingerprint density at radius 2 is 1.95 bits per heavy atom. The van der Waals surface area contributed by atoms with Crippen LogP contribution in [0.2, 0.25) is 0 Å². The van der Waals surface area contributed by atoms with Crippen LogP contribution in [0.1, 0.15) is 43.5 Å². The number of carbonyl (C=O) groups is 1. The summed E-state index contributed by atoms with van der Waals surface area (Å²) in [5.41, 5.74) is 7.02. The van der Waals surface area contributed by atoms with Gasteiger partial charge in [0.05, 0.1) is 12.7 Å². The first-order valence-electron chi connectivity index (χ1n) is 6.80. The van der Waals surface area contributed by atoms with E-state index < -0.39 is 0 Å². The summed E-state index contributed by atoms with van der Waals surface area (Å²) in [7, 11) is 1.59. The highest BCUT2D eigenvalue weighted by molar-refractivity contribution is 5.99. The topological polar surface area (TPSA) is 55.6 Å². The lowest BCUT2D eigenvalue weighted by molar-refractivity contribution is 0.0512. The number of carbonyl (C=O) groups excluding carboxylic acids is 1. The van der Waals surface area contributed by atoms with Gasteiger partial charge in [-0.3, -0.25) is 4.79 Å². The number of hydrogen-bond donors (Lipinski definition) is 1. The third-order valence-electron chi connectivity index (χ3n) is 3.92. The Morgan fingerprint density at radius 3 is 2.47 bits per heavy atom. The van der Waals surface area contributed by atoms with Crippen LogP contribution in [0, 0.1) is 0 Å². The lowest BCUT2D eigenvalue weighted by Gasteiger charge is -2.39. The minimum Gasteiger partial charge on any atom is -0.497 e. The average Bonchev–Trinajstić information content (AvgIpc) is 2.38. The molecule has 2 N–H and O–H groups in total. The minimum atomic E-state index is 0.0276. The van der Waals surface area contributed by atoms with Gasteiger partial charge in [0, 0.05) is 23.8 Å². The van der Waals surface area contributed by atoms with E-state index in [0.717, 1.165) is 12.8 Å². The molecule has 19 heavy (non-hydrogen) atoms. The number of ether oxygens (including phenoxy) is 1. The van der Waals surface area contributed by atoms with E-state index in [1.807, 2.05) is 4.90 Å². The van der Waals surface area contributed by atoms with Gasteiger partial charge in [-0.25, -0.2) is 0 Å². The molecule has 0 spiro atoms. The van der Waals surface area contributed by atoms with Gasteiger partial charge in [-0.05, 0) is 45.2 Å². The second-order valence-corrected chi connectivity index (χ2v) is 5.29. The van der Waals surface area contributed by atoms with Crippen molar-refractivity contribution in [2.75, 3.05) is 12.8 Å². The fourth-order valence-corrected chi connectivity index (χ4v) is 2.82. The number of methoxy groups -OCH3 is 1. The number of likely N-dealkylation sites (tertiary alicyclic amines) is 1. The molecule has 0 aliphatic carbocycles. The summed E-state index contributed by atoms with van der Waals surface area (Å²) >= 11 is 0. The number of piperidine rings is 1. The molecule has 2 atom stereocenters. The van der Waals surface area contributed by atoms with Crippen molar-refractivity contribution in [2.45, 2.75) is 45.2 Å². The monoisotopic (exact) mass is 262 g/mol. The third-order valence-corrected chi connectivity index (χ3v) is 3.92. The van der Waals surface area contributed by atoms with Crippen molar-refractivity contribution in [1.82, 2.24) is 4.90 Å². The lowest BCUT2D eigenvalue weighted by atomic mass is 9.96. The van der Waals surface area contributed by atoms with Crippen LogP contribution in [0.5, 0.6) is 5.75 Å². The van der Waals surface area contributed by atoms with E-state index in [1.165, 1.54) is 6.42 Å². The summed E-state index contributed by atoms with van der Waals surface area (Å²) in [6.45, 7) is 4.21. The molecular formula is C15H22N2O2. The summed E-state index contributed by atoms with van der Waals surface area (Å²) in [4.78, 5) is 14.6. The van der Waals surface area contributed by atoms with Crippen molar-refractivity contribution in [3.8, 4) is 5.75 Å². The van der Waals surface area contributed by atoms with Crippen LogP contribution in [-0.4, -0.2) is 30.0 Å². The molecule has 1 fully saturated rings. The number of nitrogens with two attached hydrogens (primary N) is 1. The van der Waals surface area contributed by atoms with Crippen molar-refractivity contribution >= 4 is 11.6 Å². The number of benzene rings is 1. The van der Waals surface area contributed by atoms with Crippen LogP contribution in [0.25, 0.3) is 0 Å². The highest BCUT2D eigenvalue weighted by Gasteiger charge is 2.30. The summed E-state index contributed by atoms with van der Waals surface area (Å²) in [6.07, 6.45) is 3.31. The molecule has 0 saturated carbocycles. The standard InChI is InChI=1S/C15H22N2O2/c1-10-5-4-6-11(2)17(10)15(18)13-8-7-12(19-3)9-14(13)16/h7-11H,4-6,16H2,1-3H3/t10-,11+. The Labute approximate surface area is 114 Å². The van der Waals surface area contributed by atoms with Crippen LogP contribution >= 0.6 is 0 Å². The van der Waals surface area contributed by atoms with Gasteiger partial charge >= 0.3 is 0 Å². The fraction of sp³-hybridized carbons (Fsp3) is 0.533. The molecule has 1 heterocycles. The highest BCUT2D eigenvalue weighted by Crippen LogP contribution is 2.27. The first kappa shape index (κ1) is 13.7. The van der Waals surface area contributed by atoms with Gasteiger partial charge in [0.15, 0.2) is 0 Å². The molecule has 4 heteroatoms. The fourth-order valence-electron chi connectivity index (χ4n) is 2.82. The molecule has 0 unspecified atom stereocenters. The summed E-state index contributed by atoms with van der Waals surface area (Å²) in [5, 5.41) is 0. The van der Waals surface area contributed by atoms with Crippen molar-refractivity contribution in [2.24, 2.45) is 0 Å². The van der Waals surface area contributed by atoms with Crippen molar-refractivity contribution < 1.29 is 9.53 Å². The summed E-state index contributed by atoms with van der Waals surface area (Å²) < 4.78 is 5.11. The Kier molecular flexibility index (Phi) is 3.98. The Bertz CT molecular complexity index is 463. The van der Waals surface area contributed by atoms with Gasteiger partial charge in [-0.2, -0.15) is 0 Å². The molecule has 1 amide bonds. The SMILES string of the molecule is COc1ccc(C(=O)N2[C@H](C)CCC[C@@H]2C)c(N)c1. The van der Waals surface area contributed by atoms with Gasteiger partial charge in [0.1, 0.15) is 5.75 Å². The second-order valence-electron chi connectivity index (χ2n) is 5.29. The van der Waals surface area contributed by atoms with Gasteiger partial charge in [0.25, 0.3) is 5.91 Å². The number of nitrogen functional groups attached to an aromatic ring is 1. The van der Waals surface area contributed by atoms with E-state index in [9.17, 15) is 4.79 Å². The molecule has 1 aliphatic heterocycles. The molecule has 0 bridgehead atoms. The lowest BCUT2D eigenvalue weighted by Crippen LogP contribution is -2.47. The van der Waals surface area contributed by atoms with Gasteiger partial charge < -0.3 is 15.4 Å². The van der Waals surface area contributed by atoms with Crippen LogP contribution in [0.3, 0.4) is 0 Å². The largest absolute Gasteiger partial charge is 0.497 e. The maximum atomic E-state index is 12.6. The number of rotatable bonds is 2. The van der Waals surface area contributed by atoms with Gasteiger partial charge in [0.2, 0.25) is 0 Å². The summed E-state index contributed by atoms with van der Waals surface area (Å²) in [6, 6.07) is 5.79. The quantitative estimate of drug-likeness (QED) is 0.834. The average molecular weight is 262 g/mol. The molecule has 1 aromatic rings. The van der Waals surface area contributed by atoms with E-state index in [1.54, 1.807) is 25.3 Å². The maximum Gasteiger partial charge on any atom is 0.256 e. The Balaban J connectivity index is 2.28. The third kappa shape index (κ3) is 2.67. The maximum absolute atomic E-state index is 12.6. The van der Waals surface area contributed by atoms with E-state index >= 15 is 0 Å². The van der Waals surface area contributed by atoms with Crippen LogP contribution < -0.4 is 10.5 Å². The predicted octanol–water partition coefficient (Wildman–Crippen LogP) is 2.68. The molecule has 4 nitrogen and oxygen atoms in total. The number of nitrogens with zero attached hydrogens (tertiary/aromatic N) is 1. The molecule has 2 rings (SSSR count). The molecule has 1 saturated heterocycles. The molecule has 104 valence electrons. The van der Waals surface area contributed by atoms with Crippen LogP contribution in [0.15, 0.2) is 18.2 Å². The normalized spacial score (nSPS) is 23.2. The Morgan fingerprint density at radius 1 is 1.32 bits per heavy atom. The predicted molar refractivity (Wildman–Crippen MR) is 76.4 cm³/mol. The van der Waals surface area contributed by atoms with Gasteiger partial charge in [-0.15, -0.1) is 0 Å². The molecular weight excluding hydrogens is 240 g/mol. The van der Waals surface area contributed by atoms with Gasteiger partial charge in [-0.1, -0.05) is 0 Å². The Hall–Kier alpha value is -1.71. The molecule has 0 radical (unpaired) electrons. The molecule has 0 aromatic heterocycles. The van der Waals surface area contributed by atoms with E-state index in [-0.39, 0.29) is 18.0 Å². The van der Waals surface area contributed by atoms with Crippen LogP contribution in [-0.2, 0) is 0 Å². The van der Waals surface area contributed by atoms with Crippen molar-refractivity contribution in [3.05, 3.63) is 23.8 Å². The highest BCUT2D eigenvalue weighted by atomic mass is 16.5.